The van der Waals surface area contributed by atoms with Crippen LogP contribution in [0.15, 0.2) is 35.1 Å². The largest absolute Gasteiger partial charge is 0.393 e. The van der Waals surface area contributed by atoms with Gasteiger partial charge in [0.2, 0.25) is 5.95 Å². The summed E-state index contributed by atoms with van der Waals surface area (Å²) in [6, 6.07) is 6.57. The number of alkyl halides is 3. The van der Waals surface area contributed by atoms with Crippen molar-refractivity contribution in [1.29, 1.82) is 0 Å². The summed E-state index contributed by atoms with van der Waals surface area (Å²) in [4.78, 5) is 32.8. The standard InChI is InChI=1S/C20H25F3N4O2/c1-19(2,3)16(13-8-6-12(7-9-13)11-20(21,22)23)26-17(29)14-10-15(28)25-18(24-14)27(4)5/h6-10,16H,11H2,1-5H3,(H,26,29)(H,24,25,28). The molecule has 1 heterocycles. The minimum Gasteiger partial charge on any atom is -0.348 e. The van der Waals surface area contributed by atoms with Crippen molar-refractivity contribution in [2.75, 3.05) is 19.0 Å². The van der Waals surface area contributed by atoms with Crippen LogP contribution in [0.2, 0.25) is 0 Å². The molecule has 0 aliphatic rings. The van der Waals surface area contributed by atoms with E-state index in [4.69, 9.17) is 0 Å². The third-order valence-corrected chi connectivity index (χ3v) is 4.24. The van der Waals surface area contributed by atoms with Crippen molar-refractivity contribution < 1.29 is 18.0 Å². The molecule has 0 bridgehead atoms. The number of nitrogens with one attached hydrogen (secondary N) is 2. The monoisotopic (exact) mass is 410 g/mol. The summed E-state index contributed by atoms with van der Waals surface area (Å²) in [5.41, 5.74) is -0.133. The van der Waals surface area contributed by atoms with E-state index in [1.54, 1.807) is 31.1 Å². The van der Waals surface area contributed by atoms with Crippen LogP contribution < -0.4 is 15.8 Å². The number of hydrogen-bond acceptors (Lipinski definition) is 4. The molecule has 0 aliphatic carbocycles. The number of hydrogen-bond donors (Lipinski definition) is 2. The molecule has 1 aromatic carbocycles. The van der Waals surface area contributed by atoms with Gasteiger partial charge in [0.15, 0.2) is 0 Å². The van der Waals surface area contributed by atoms with Gasteiger partial charge in [0.1, 0.15) is 5.69 Å². The molecule has 2 aromatic rings. The molecule has 1 aromatic heterocycles. The average molecular weight is 410 g/mol. The lowest BCUT2D eigenvalue weighted by Gasteiger charge is -2.32. The van der Waals surface area contributed by atoms with Crippen molar-refractivity contribution in [3.8, 4) is 0 Å². The molecular weight excluding hydrogens is 385 g/mol. The SMILES string of the molecule is CN(C)c1nc(C(=O)NC(c2ccc(CC(F)(F)F)cc2)C(C)(C)C)cc(=O)[nH]1. The Balaban J connectivity index is 2.30. The van der Waals surface area contributed by atoms with Crippen LogP contribution in [0.1, 0.15) is 48.4 Å². The molecule has 1 amide bonds. The van der Waals surface area contributed by atoms with Crippen molar-refractivity contribution in [2.24, 2.45) is 5.41 Å². The normalized spacial score (nSPS) is 13.1. The van der Waals surface area contributed by atoms with Crippen LogP contribution in [0, 0.1) is 5.41 Å². The number of carbonyl (C=O) groups excluding carboxylic acids is 1. The van der Waals surface area contributed by atoms with Crippen molar-refractivity contribution in [3.05, 3.63) is 57.5 Å². The maximum absolute atomic E-state index is 12.8. The second-order valence-corrected chi connectivity index (χ2v) is 8.15. The Bertz CT molecular complexity index is 913. The highest BCUT2D eigenvalue weighted by molar-refractivity contribution is 5.92. The molecule has 0 radical (unpaired) electrons. The summed E-state index contributed by atoms with van der Waals surface area (Å²) in [7, 11) is 3.36. The van der Waals surface area contributed by atoms with E-state index in [2.05, 4.69) is 15.3 Å². The summed E-state index contributed by atoms with van der Waals surface area (Å²) in [5.74, 6) is -0.301. The first-order valence-electron chi connectivity index (χ1n) is 9.01. The van der Waals surface area contributed by atoms with Gasteiger partial charge in [-0.15, -0.1) is 0 Å². The van der Waals surface area contributed by atoms with Crippen LogP contribution in [0.4, 0.5) is 19.1 Å². The Morgan fingerprint density at radius 1 is 1.17 bits per heavy atom. The first kappa shape index (κ1) is 22.4. The predicted molar refractivity (Wildman–Crippen MR) is 105 cm³/mol. The third-order valence-electron chi connectivity index (χ3n) is 4.24. The van der Waals surface area contributed by atoms with E-state index in [1.165, 1.54) is 12.1 Å². The minimum absolute atomic E-state index is 0.0413. The minimum atomic E-state index is -4.28. The fraction of sp³-hybridized carbons (Fsp3) is 0.450. The molecule has 2 rings (SSSR count). The maximum Gasteiger partial charge on any atom is 0.393 e. The highest BCUT2D eigenvalue weighted by Crippen LogP contribution is 2.33. The molecule has 0 saturated heterocycles. The second kappa shape index (κ2) is 8.26. The lowest BCUT2D eigenvalue weighted by molar-refractivity contribution is -0.127. The molecule has 158 valence electrons. The van der Waals surface area contributed by atoms with Gasteiger partial charge in [-0.3, -0.25) is 14.6 Å². The van der Waals surface area contributed by atoms with Crippen molar-refractivity contribution in [1.82, 2.24) is 15.3 Å². The summed E-state index contributed by atoms with van der Waals surface area (Å²) in [6.07, 6.45) is -5.29. The van der Waals surface area contributed by atoms with Crippen molar-refractivity contribution in [3.63, 3.8) is 0 Å². The molecular formula is C20H25F3N4O2. The van der Waals surface area contributed by atoms with Crippen LogP contribution in [-0.4, -0.2) is 36.1 Å². The predicted octanol–water partition coefficient (Wildman–Crippen LogP) is 3.46. The fourth-order valence-corrected chi connectivity index (χ4v) is 2.84. The number of anilines is 1. The van der Waals surface area contributed by atoms with Gasteiger partial charge in [-0.25, -0.2) is 4.98 Å². The van der Waals surface area contributed by atoms with Crippen LogP contribution in [0.25, 0.3) is 0 Å². The lowest BCUT2D eigenvalue weighted by atomic mass is 9.82. The molecule has 1 unspecified atom stereocenters. The summed E-state index contributed by atoms with van der Waals surface area (Å²) >= 11 is 0. The highest BCUT2D eigenvalue weighted by Gasteiger charge is 2.30. The number of benzene rings is 1. The molecule has 2 N–H and O–H groups in total. The van der Waals surface area contributed by atoms with Crippen LogP contribution in [-0.2, 0) is 6.42 Å². The first-order chi connectivity index (χ1) is 13.3. The Morgan fingerprint density at radius 3 is 2.24 bits per heavy atom. The summed E-state index contributed by atoms with van der Waals surface area (Å²) in [6.45, 7) is 5.70. The Labute approximate surface area is 167 Å². The zero-order chi connectivity index (χ0) is 22.0. The van der Waals surface area contributed by atoms with Crippen LogP contribution in [0.5, 0.6) is 0 Å². The number of halogens is 3. The Morgan fingerprint density at radius 2 is 1.76 bits per heavy atom. The van der Waals surface area contributed by atoms with Crippen LogP contribution >= 0.6 is 0 Å². The molecule has 1 atom stereocenters. The summed E-state index contributed by atoms with van der Waals surface area (Å²) in [5, 5.41) is 2.86. The molecule has 0 saturated carbocycles. The van der Waals surface area contributed by atoms with Gasteiger partial charge in [0.25, 0.3) is 11.5 Å². The van der Waals surface area contributed by atoms with Gasteiger partial charge in [-0.1, -0.05) is 45.0 Å². The molecule has 0 aliphatic heterocycles. The number of aromatic amines is 1. The maximum atomic E-state index is 12.8. The van der Waals surface area contributed by atoms with E-state index in [0.717, 1.165) is 6.07 Å². The Hall–Kier alpha value is -2.84. The highest BCUT2D eigenvalue weighted by atomic mass is 19.4. The Kier molecular flexibility index (Phi) is 6.40. The number of nitrogens with zero attached hydrogens (tertiary/aromatic N) is 2. The lowest BCUT2D eigenvalue weighted by Crippen LogP contribution is -2.37. The number of H-pyrrole nitrogens is 1. The van der Waals surface area contributed by atoms with E-state index < -0.39 is 35.5 Å². The van der Waals surface area contributed by atoms with Gasteiger partial charge in [-0.2, -0.15) is 13.2 Å². The smallest absolute Gasteiger partial charge is 0.348 e. The number of amides is 1. The zero-order valence-electron chi connectivity index (χ0n) is 17.0. The zero-order valence-corrected chi connectivity index (χ0v) is 17.0. The summed E-state index contributed by atoms with van der Waals surface area (Å²) < 4.78 is 37.7. The second-order valence-electron chi connectivity index (χ2n) is 8.15. The van der Waals surface area contributed by atoms with Crippen LogP contribution in [0.3, 0.4) is 0 Å². The van der Waals surface area contributed by atoms with E-state index in [1.807, 2.05) is 20.8 Å². The average Bonchev–Trinajstić information content (AvgIpc) is 2.57. The number of aromatic nitrogens is 2. The van der Waals surface area contributed by atoms with Gasteiger partial charge in [0.05, 0.1) is 12.5 Å². The number of rotatable bonds is 5. The van der Waals surface area contributed by atoms with E-state index in [0.29, 0.717) is 5.56 Å². The molecule has 0 fully saturated rings. The van der Waals surface area contributed by atoms with Gasteiger partial charge in [-0.05, 0) is 16.5 Å². The molecule has 29 heavy (non-hydrogen) atoms. The molecule has 6 nitrogen and oxygen atoms in total. The third kappa shape index (κ3) is 6.33. The van der Waals surface area contributed by atoms with Gasteiger partial charge in [0, 0.05) is 20.2 Å². The topological polar surface area (TPSA) is 78.1 Å². The first-order valence-corrected chi connectivity index (χ1v) is 9.01. The van der Waals surface area contributed by atoms with E-state index >= 15 is 0 Å². The fourth-order valence-electron chi connectivity index (χ4n) is 2.84. The van der Waals surface area contributed by atoms with E-state index in [9.17, 15) is 22.8 Å². The van der Waals surface area contributed by atoms with Crippen molar-refractivity contribution >= 4 is 11.9 Å². The number of carbonyl (C=O) groups is 1. The van der Waals surface area contributed by atoms with Gasteiger partial charge < -0.3 is 10.2 Å². The molecule has 9 heteroatoms. The van der Waals surface area contributed by atoms with Crippen molar-refractivity contribution in [2.45, 2.75) is 39.4 Å². The molecule has 0 spiro atoms. The van der Waals surface area contributed by atoms with E-state index in [-0.39, 0.29) is 17.2 Å². The van der Waals surface area contributed by atoms with Gasteiger partial charge >= 0.3 is 6.18 Å². The quantitative estimate of drug-likeness (QED) is 0.791.